The van der Waals surface area contributed by atoms with Crippen LogP contribution in [-0.4, -0.2) is 54.3 Å². The monoisotopic (exact) mass is 304 g/mol. The van der Waals surface area contributed by atoms with Gasteiger partial charge >= 0.3 is 0 Å². The Labute approximate surface area is 131 Å². The number of hydrogen-bond donors (Lipinski definition) is 0. The minimum absolute atomic E-state index is 0.0656. The van der Waals surface area contributed by atoms with Crippen molar-refractivity contribution in [3.05, 3.63) is 29.6 Å². The first kappa shape index (κ1) is 15.4. The molecule has 1 amide bonds. The molecular formula is C17H24N2O3. The van der Waals surface area contributed by atoms with E-state index in [2.05, 4.69) is 4.98 Å². The third-order valence-corrected chi connectivity index (χ3v) is 4.89. The van der Waals surface area contributed by atoms with Crippen LogP contribution in [-0.2, 0) is 9.47 Å². The lowest BCUT2D eigenvalue weighted by Gasteiger charge is -2.48. The van der Waals surface area contributed by atoms with Crippen LogP contribution in [0.25, 0.3) is 0 Å². The van der Waals surface area contributed by atoms with E-state index in [1.165, 1.54) is 0 Å². The second kappa shape index (κ2) is 6.34. The Balaban J connectivity index is 1.67. The van der Waals surface area contributed by atoms with Crippen LogP contribution in [0.15, 0.2) is 18.5 Å². The van der Waals surface area contributed by atoms with Crippen LogP contribution < -0.4 is 0 Å². The molecule has 2 fully saturated rings. The topological polar surface area (TPSA) is 51.7 Å². The molecular weight excluding hydrogens is 280 g/mol. The van der Waals surface area contributed by atoms with Crippen LogP contribution in [0.1, 0.15) is 41.6 Å². The number of hydrogen-bond acceptors (Lipinski definition) is 4. The summed E-state index contributed by atoms with van der Waals surface area (Å²) in [4.78, 5) is 18.6. The quantitative estimate of drug-likeness (QED) is 0.840. The zero-order valence-electron chi connectivity index (χ0n) is 13.4. The average Bonchev–Trinajstić information content (AvgIpc) is 2.55. The lowest BCUT2D eigenvalue weighted by atomic mass is 9.81. The molecule has 1 aromatic heterocycles. The SMILES string of the molecule is COC1CCCOC12CCN(C(=O)c1cncc(C)c1)CC2. The van der Waals surface area contributed by atoms with Gasteiger partial charge in [0.2, 0.25) is 0 Å². The molecule has 2 saturated heterocycles. The van der Waals surface area contributed by atoms with Gasteiger partial charge in [-0.1, -0.05) is 0 Å². The van der Waals surface area contributed by atoms with Crippen molar-refractivity contribution in [3.63, 3.8) is 0 Å². The summed E-state index contributed by atoms with van der Waals surface area (Å²) in [5.41, 5.74) is 1.48. The summed E-state index contributed by atoms with van der Waals surface area (Å²) in [5, 5.41) is 0. The Morgan fingerprint density at radius 2 is 2.18 bits per heavy atom. The second-order valence-electron chi connectivity index (χ2n) is 6.32. The highest BCUT2D eigenvalue weighted by Gasteiger charge is 2.45. The lowest BCUT2D eigenvalue weighted by Crippen LogP contribution is -2.56. The fourth-order valence-electron chi connectivity index (χ4n) is 3.64. The first-order valence-electron chi connectivity index (χ1n) is 8.02. The Kier molecular flexibility index (Phi) is 4.45. The van der Waals surface area contributed by atoms with Gasteiger partial charge in [-0.05, 0) is 44.2 Å². The molecule has 0 N–H and O–H groups in total. The fourth-order valence-corrected chi connectivity index (χ4v) is 3.64. The standard InChI is InChI=1S/C17H24N2O3/c1-13-10-14(12-18-11-13)16(20)19-7-5-17(6-8-19)15(21-2)4-3-9-22-17/h10-12,15H,3-9H2,1-2H3. The van der Waals surface area contributed by atoms with Crippen molar-refractivity contribution >= 4 is 5.91 Å². The van der Waals surface area contributed by atoms with Gasteiger partial charge in [-0.2, -0.15) is 0 Å². The largest absolute Gasteiger partial charge is 0.378 e. The van der Waals surface area contributed by atoms with Gasteiger partial charge < -0.3 is 14.4 Å². The molecule has 1 spiro atoms. The van der Waals surface area contributed by atoms with Crippen LogP contribution in [0, 0.1) is 6.92 Å². The lowest BCUT2D eigenvalue weighted by molar-refractivity contribution is -0.183. The number of piperidine rings is 1. The van der Waals surface area contributed by atoms with Crippen LogP contribution in [0.3, 0.4) is 0 Å². The molecule has 120 valence electrons. The molecule has 5 nitrogen and oxygen atoms in total. The molecule has 1 unspecified atom stereocenters. The van der Waals surface area contributed by atoms with Crippen LogP contribution in [0.2, 0.25) is 0 Å². The van der Waals surface area contributed by atoms with Crippen molar-refractivity contribution in [3.8, 4) is 0 Å². The Morgan fingerprint density at radius 1 is 1.41 bits per heavy atom. The van der Waals surface area contributed by atoms with Crippen LogP contribution in [0.5, 0.6) is 0 Å². The zero-order chi connectivity index (χ0) is 15.6. The van der Waals surface area contributed by atoms with E-state index in [9.17, 15) is 4.79 Å². The highest BCUT2D eigenvalue weighted by Crippen LogP contribution is 2.37. The summed E-state index contributed by atoms with van der Waals surface area (Å²) in [5.74, 6) is 0.0656. The molecule has 0 radical (unpaired) electrons. The summed E-state index contributed by atoms with van der Waals surface area (Å²) in [6.45, 7) is 4.18. The van der Waals surface area contributed by atoms with Crippen LogP contribution >= 0.6 is 0 Å². The number of carbonyl (C=O) groups excluding carboxylic acids is 1. The fraction of sp³-hybridized carbons (Fsp3) is 0.647. The molecule has 22 heavy (non-hydrogen) atoms. The van der Waals surface area contributed by atoms with Gasteiger partial charge in [0.1, 0.15) is 0 Å². The molecule has 0 aliphatic carbocycles. The van der Waals surface area contributed by atoms with Gasteiger partial charge in [-0.25, -0.2) is 0 Å². The number of methoxy groups -OCH3 is 1. The molecule has 1 aromatic rings. The number of nitrogens with zero attached hydrogens (tertiary/aromatic N) is 2. The van der Waals surface area contributed by atoms with Crippen molar-refractivity contribution in [2.45, 2.75) is 44.3 Å². The van der Waals surface area contributed by atoms with Gasteiger partial charge in [0.25, 0.3) is 5.91 Å². The predicted molar refractivity (Wildman–Crippen MR) is 82.8 cm³/mol. The number of likely N-dealkylation sites (tertiary alicyclic amines) is 1. The van der Waals surface area contributed by atoms with E-state index in [0.29, 0.717) is 18.7 Å². The molecule has 2 aliphatic rings. The maximum atomic E-state index is 12.6. The van der Waals surface area contributed by atoms with E-state index in [4.69, 9.17) is 9.47 Å². The number of aryl methyl sites for hydroxylation is 1. The Morgan fingerprint density at radius 3 is 2.86 bits per heavy atom. The van der Waals surface area contributed by atoms with E-state index >= 15 is 0 Å². The van der Waals surface area contributed by atoms with Gasteiger partial charge in [-0.15, -0.1) is 0 Å². The maximum absolute atomic E-state index is 12.6. The highest BCUT2D eigenvalue weighted by atomic mass is 16.5. The van der Waals surface area contributed by atoms with Crippen molar-refractivity contribution in [1.82, 2.24) is 9.88 Å². The van der Waals surface area contributed by atoms with E-state index in [-0.39, 0.29) is 17.6 Å². The van der Waals surface area contributed by atoms with E-state index in [1.54, 1.807) is 19.5 Å². The number of ether oxygens (including phenoxy) is 2. The highest BCUT2D eigenvalue weighted by molar-refractivity contribution is 5.94. The number of rotatable bonds is 2. The Bertz CT molecular complexity index is 538. The molecule has 0 bridgehead atoms. The molecule has 3 heterocycles. The van der Waals surface area contributed by atoms with E-state index in [0.717, 1.165) is 37.9 Å². The maximum Gasteiger partial charge on any atom is 0.255 e. The van der Waals surface area contributed by atoms with Gasteiger partial charge in [0.15, 0.2) is 0 Å². The summed E-state index contributed by atoms with van der Waals surface area (Å²) in [6, 6.07) is 1.90. The van der Waals surface area contributed by atoms with Crippen molar-refractivity contribution in [2.75, 3.05) is 26.8 Å². The van der Waals surface area contributed by atoms with E-state index in [1.807, 2.05) is 17.9 Å². The number of aromatic nitrogens is 1. The normalized spacial score (nSPS) is 24.5. The first-order valence-corrected chi connectivity index (χ1v) is 8.02. The summed E-state index contributed by atoms with van der Waals surface area (Å²) in [6.07, 6.45) is 7.35. The van der Waals surface area contributed by atoms with Gasteiger partial charge in [0, 0.05) is 39.2 Å². The second-order valence-corrected chi connectivity index (χ2v) is 6.32. The number of carbonyl (C=O) groups is 1. The number of pyridine rings is 1. The Hall–Kier alpha value is -1.46. The predicted octanol–water partition coefficient (Wildman–Crippen LogP) is 2.19. The van der Waals surface area contributed by atoms with Crippen molar-refractivity contribution < 1.29 is 14.3 Å². The molecule has 0 saturated carbocycles. The smallest absolute Gasteiger partial charge is 0.255 e. The third kappa shape index (κ3) is 2.88. The van der Waals surface area contributed by atoms with Gasteiger partial charge in [-0.3, -0.25) is 9.78 Å². The molecule has 1 atom stereocenters. The van der Waals surface area contributed by atoms with E-state index < -0.39 is 0 Å². The van der Waals surface area contributed by atoms with Crippen LogP contribution in [0.4, 0.5) is 0 Å². The third-order valence-electron chi connectivity index (χ3n) is 4.89. The molecule has 2 aliphatic heterocycles. The molecule has 5 heteroatoms. The van der Waals surface area contributed by atoms with Crippen molar-refractivity contribution in [2.24, 2.45) is 0 Å². The minimum atomic E-state index is -0.200. The summed E-state index contributed by atoms with van der Waals surface area (Å²) in [7, 11) is 1.76. The minimum Gasteiger partial charge on any atom is -0.378 e. The molecule has 0 aromatic carbocycles. The summed E-state index contributed by atoms with van der Waals surface area (Å²) >= 11 is 0. The summed E-state index contributed by atoms with van der Waals surface area (Å²) < 4.78 is 11.7. The average molecular weight is 304 g/mol. The first-order chi connectivity index (χ1) is 10.6. The molecule has 3 rings (SSSR count). The zero-order valence-corrected chi connectivity index (χ0v) is 13.4. The van der Waals surface area contributed by atoms with Crippen molar-refractivity contribution in [1.29, 1.82) is 0 Å². The number of amides is 1. The van der Waals surface area contributed by atoms with Gasteiger partial charge in [0.05, 0.1) is 17.3 Å².